The number of phenolic OH excluding ortho intramolecular Hbond substituents is 3. The number of aliphatic hydroxyl groups is 1. The average Bonchev–Trinajstić information content (AvgIpc) is 4.07. The van der Waals surface area contributed by atoms with E-state index in [4.69, 9.17) is 11.5 Å². The second-order valence-corrected chi connectivity index (χ2v) is 18.9. The van der Waals surface area contributed by atoms with Crippen LogP contribution in [-0.4, -0.2) is 157 Å². The Morgan fingerprint density at radius 2 is 1.01 bits per heavy atom. The number of carboxylic acids is 1. The number of aliphatic hydroxyl groups excluding tert-OH is 1. The van der Waals surface area contributed by atoms with Crippen LogP contribution in [0.4, 0.5) is 0 Å². The molecule has 0 saturated carbocycles. The number of rotatable bonds is 25. The number of hydrogen-bond donors (Lipinski definition) is 12. The number of carboxylic acid groups (broad SMARTS) is 1. The van der Waals surface area contributed by atoms with Crippen LogP contribution in [0, 0.1) is 5.92 Å². The molecule has 2 saturated heterocycles. The molecule has 7 amide bonds. The van der Waals surface area contributed by atoms with Gasteiger partial charge >= 0.3 is 5.97 Å². The molecule has 8 atom stereocenters. The molecule has 22 nitrogen and oxygen atoms in total. The van der Waals surface area contributed by atoms with Crippen LogP contribution in [0.25, 0.3) is 0 Å². The van der Waals surface area contributed by atoms with Gasteiger partial charge in [0.2, 0.25) is 41.4 Å². The van der Waals surface area contributed by atoms with Crippen molar-refractivity contribution in [2.75, 3.05) is 26.2 Å². The molecule has 3 aromatic carbocycles. The van der Waals surface area contributed by atoms with Gasteiger partial charge < -0.3 is 73.4 Å². The first-order chi connectivity index (χ1) is 34.8. The highest BCUT2D eigenvalue weighted by Gasteiger charge is 2.43. The summed E-state index contributed by atoms with van der Waals surface area (Å²) < 4.78 is 0. The fraction of sp³-hybridized carbons (Fsp3) is 0.490. The molecule has 0 spiro atoms. The van der Waals surface area contributed by atoms with Gasteiger partial charge in [-0.15, -0.1) is 0 Å². The van der Waals surface area contributed by atoms with E-state index in [2.05, 4.69) is 26.6 Å². The van der Waals surface area contributed by atoms with Crippen molar-refractivity contribution in [3.05, 3.63) is 89.5 Å². The highest BCUT2D eigenvalue weighted by molar-refractivity contribution is 5.98. The molecule has 22 heteroatoms. The normalized spacial score (nSPS) is 17.9. The van der Waals surface area contributed by atoms with Gasteiger partial charge in [0.05, 0.1) is 12.6 Å². The number of aliphatic carboxylic acids is 1. The lowest BCUT2D eigenvalue weighted by Gasteiger charge is -2.32. The second-order valence-electron chi connectivity index (χ2n) is 18.9. The van der Waals surface area contributed by atoms with E-state index in [-0.39, 0.29) is 68.9 Å². The van der Waals surface area contributed by atoms with Crippen molar-refractivity contribution >= 4 is 47.3 Å². The van der Waals surface area contributed by atoms with Crippen molar-refractivity contribution in [2.24, 2.45) is 17.4 Å². The molecule has 0 unspecified atom stereocenters. The Morgan fingerprint density at radius 3 is 1.47 bits per heavy atom. The molecule has 0 radical (unpaired) electrons. The van der Waals surface area contributed by atoms with Gasteiger partial charge in [-0.05, 0) is 117 Å². The Balaban J connectivity index is 1.34. The summed E-state index contributed by atoms with van der Waals surface area (Å²) in [5, 5.41) is 63.0. The van der Waals surface area contributed by atoms with E-state index in [1.165, 1.54) is 46.2 Å². The predicted molar refractivity (Wildman–Crippen MR) is 265 cm³/mol. The number of likely N-dealkylation sites (tertiary alicyclic amines) is 2. The first-order valence-electron chi connectivity index (χ1n) is 24.6. The van der Waals surface area contributed by atoms with Crippen molar-refractivity contribution in [1.29, 1.82) is 0 Å². The number of benzene rings is 3. The van der Waals surface area contributed by atoms with Crippen LogP contribution >= 0.6 is 0 Å². The molecule has 396 valence electrons. The fourth-order valence-electron chi connectivity index (χ4n) is 8.93. The number of amides is 7. The molecule has 0 aromatic heterocycles. The predicted octanol–water partition coefficient (Wildman–Crippen LogP) is -0.573. The average molecular weight is 1020 g/mol. The summed E-state index contributed by atoms with van der Waals surface area (Å²) in [6.07, 6.45) is 2.02. The minimum Gasteiger partial charge on any atom is -0.508 e. The molecule has 14 N–H and O–H groups in total. The third kappa shape index (κ3) is 16.1. The smallest absolute Gasteiger partial charge is 0.326 e. The molecule has 2 fully saturated rings. The summed E-state index contributed by atoms with van der Waals surface area (Å²) in [6, 6.07) is 7.85. The van der Waals surface area contributed by atoms with Crippen LogP contribution in [-0.2, 0) is 57.6 Å². The summed E-state index contributed by atoms with van der Waals surface area (Å²) in [6.45, 7) is 3.00. The molecule has 0 bridgehead atoms. The number of unbranched alkanes of at least 4 members (excludes halogenated alkanes) is 1. The lowest BCUT2D eigenvalue weighted by Crippen LogP contribution is -2.61. The summed E-state index contributed by atoms with van der Waals surface area (Å²) in [5.74, 6) is -7.01. The molecule has 2 aliphatic heterocycles. The Morgan fingerprint density at radius 1 is 0.575 bits per heavy atom. The van der Waals surface area contributed by atoms with E-state index in [1.807, 2.05) is 0 Å². The van der Waals surface area contributed by atoms with Crippen LogP contribution in [0.5, 0.6) is 17.2 Å². The quantitative estimate of drug-likeness (QED) is 0.0473. The largest absolute Gasteiger partial charge is 0.508 e. The Kier molecular flexibility index (Phi) is 20.9. The van der Waals surface area contributed by atoms with E-state index < -0.39 is 108 Å². The minimum absolute atomic E-state index is 0.0362. The van der Waals surface area contributed by atoms with E-state index in [9.17, 15) is 63.9 Å². The van der Waals surface area contributed by atoms with Crippen LogP contribution in [0.1, 0.15) is 75.5 Å². The number of nitrogens with one attached hydrogen (secondary N) is 5. The van der Waals surface area contributed by atoms with E-state index in [1.54, 1.807) is 50.2 Å². The second kappa shape index (κ2) is 26.9. The number of carbonyl (C=O) groups is 8. The summed E-state index contributed by atoms with van der Waals surface area (Å²) in [5.41, 5.74) is 13.4. The van der Waals surface area contributed by atoms with Gasteiger partial charge in [0.25, 0.3) is 0 Å². The van der Waals surface area contributed by atoms with Gasteiger partial charge in [-0.3, -0.25) is 33.6 Å². The lowest BCUT2D eigenvalue weighted by molar-refractivity contribution is -0.146. The zero-order chi connectivity index (χ0) is 53.4. The maximum Gasteiger partial charge on any atom is 0.326 e. The molecule has 3 aromatic rings. The highest BCUT2D eigenvalue weighted by atomic mass is 16.4. The standard InChI is InChI=1S/C51H69N9O13/c1-29(2)43(58-44(65)36(53)25-30-10-16-33(62)17-11-30)48(69)55-38(26-31-12-18-34(63)19-13-31)45(66)56-39(27-32-14-20-35(64)21-15-32)49(70)59-23-5-9-42(59)47(68)57-40(28-61)50(71)60-24-6-8-41(60)46(67)54-37(51(72)73)7-3-4-22-52/h10-21,29,36-43,61-64H,3-9,22-28,52-53H2,1-2H3,(H,54,67)(H,55,69)(H,56,66)(H,57,68)(H,58,65)(H,72,73)/t36-,37-,38-,39-,40-,41-,42-,43-/m0/s1. The Bertz CT molecular complexity index is 2390. The number of aromatic hydroxyl groups is 3. The van der Waals surface area contributed by atoms with Crippen molar-refractivity contribution in [2.45, 2.75) is 126 Å². The monoisotopic (exact) mass is 1020 g/mol. The van der Waals surface area contributed by atoms with Gasteiger partial charge in [-0.2, -0.15) is 0 Å². The van der Waals surface area contributed by atoms with Crippen molar-refractivity contribution in [3.63, 3.8) is 0 Å². The van der Waals surface area contributed by atoms with Gasteiger partial charge in [0.1, 0.15) is 59.5 Å². The molecule has 0 aliphatic carbocycles. The topological polar surface area (TPSA) is 356 Å². The highest BCUT2D eigenvalue weighted by Crippen LogP contribution is 2.23. The molecule has 73 heavy (non-hydrogen) atoms. The first-order valence-corrected chi connectivity index (χ1v) is 24.6. The summed E-state index contributed by atoms with van der Waals surface area (Å²) >= 11 is 0. The summed E-state index contributed by atoms with van der Waals surface area (Å²) in [4.78, 5) is 112. The number of hydrogen-bond acceptors (Lipinski definition) is 14. The van der Waals surface area contributed by atoms with E-state index in [0.29, 0.717) is 48.9 Å². The first kappa shape index (κ1) is 56.6. The molecule has 5 rings (SSSR count). The number of nitrogens with zero attached hydrogens (tertiary/aromatic N) is 2. The molecular weight excluding hydrogens is 947 g/mol. The SMILES string of the molecule is CC(C)[C@H](NC(=O)[C@@H](N)Cc1ccc(O)cc1)C(=O)N[C@@H](Cc1ccc(O)cc1)C(=O)N[C@@H](Cc1ccc(O)cc1)C(=O)N1CCC[C@H]1C(=O)N[C@@H](CO)C(=O)N1CCC[C@H]1C(=O)N[C@@H](CCCCN)C(=O)O. The summed E-state index contributed by atoms with van der Waals surface area (Å²) in [7, 11) is 0. The van der Waals surface area contributed by atoms with Crippen LogP contribution < -0.4 is 38.1 Å². The molecule has 2 aliphatic rings. The molecular formula is C51H69N9O13. The van der Waals surface area contributed by atoms with E-state index in [0.717, 1.165) is 0 Å². The third-order valence-corrected chi connectivity index (χ3v) is 13.0. The van der Waals surface area contributed by atoms with Crippen molar-refractivity contribution in [1.82, 2.24) is 36.4 Å². The zero-order valence-electron chi connectivity index (χ0n) is 41.1. The Hall–Kier alpha value is -7.30. The number of nitrogens with two attached hydrogens (primary N) is 2. The third-order valence-electron chi connectivity index (χ3n) is 13.0. The lowest BCUT2D eigenvalue weighted by atomic mass is 9.99. The van der Waals surface area contributed by atoms with Crippen molar-refractivity contribution in [3.8, 4) is 17.2 Å². The van der Waals surface area contributed by atoms with Crippen LogP contribution in [0.2, 0.25) is 0 Å². The van der Waals surface area contributed by atoms with Gasteiger partial charge in [0, 0.05) is 25.9 Å². The maximum absolute atomic E-state index is 14.8. The van der Waals surface area contributed by atoms with E-state index >= 15 is 0 Å². The number of carbonyl (C=O) groups excluding carboxylic acids is 7. The van der Waals surface area contributed by atoms with Gasteiger partial charge in [-0.25, -0.2) is 4.79 Å². The van der Waals surface area contributed by atoms with Gasteiger partial charge in [0.15, 0.2) is 0 Å². The maximum atomic E-state index is 14.8. The zero-order valence-corrected chi connectivity index (χ0v) is 41.1. The number of phenols is 3. The fourth-order valence-corrected chi connectivity index (χ4v) is 8.93. The Labute approximate surface area is 423 Å². The van der Waals surface area contributed by atoms with Crippen LogP contribution in [0.3, 0.4) is 0 Å². The van der Waals surface area contributed by atoms with Gasteiger partial charge in [-0.1, -0.05) is 50.2 Å². The van der Waals surface area contributed by atoms with Crippen molar-refractivity contribution < 1.29 is 63.9 Å². The molecule has 2 heterocycles. The minimum atomic E-state index is -1.54. The van der Waals surface area contributed by atoms with Crippen LogP contribution in [0.15, 0.2) is 72.8 Å².